The molecule has 1 aromatic rings. The number of carbonyl (C=O) groups is 1. The quantitative estimate of drug-likeness (QED) is 0.587. The van der Waals surface area contributed by atoms with Crippen LogP contribution in [-0.2, 0) is 13.8 Å². The van der Waals surface area contributed by atoms with Gasteiger partial charge in [-0.1, -0.05) is 20.3 Å². The first-order valence-corrected chi connectivity index (χ1v) is 8.89. The molecule has 21 heavy (non-hydrogen) atoms. The second-order valence-electron chi connectivity index (χ2n) is 5.04. The van der Waals surface area contributed by atoms with Crippen LogP contribution in [0.1, 0.15) is 42.6 Å². The minimum Gasteiger partial charge on any atom is -0.462 e. The van der Waals surface area contributed by atoms with Crippen molar-refractivity contribution in [1.29, 1.82) is 0 Å². The summed E-state index contributed by atoms with van der Waals surface area (Å²) in [5.74, 6) is -1.44. The van der Waals surface area contributed by atoms with E-state index in [0.717, 1.165) is 18.9 Å². The lowest BCUT2D eigenvalue weighted by Gasteiger charge is -2.12. The number of esters is 1. The molecular weight excluding hydrogens is 319 g/mol. The average Bonchev–Trinajstić information content (AvgIpc) is 2.38. The lowest BCUT2D eigenvalue weighted by molar-refractivity contribution is 0.0443. The van der Waals surface area contributed by atoms with E-state index in [1.54, 1.807) is 0 Å². The monoisotopic (exact) mass is 336 g/mol. The molecule has 0 aromatic heterocycles. The number of halogens is 2. The van der Waals surface area contributed by atoms with Crippen LogP contribution in [0, 0.1) is 18.7 Å². The Morgan fingerprint density at radius 2 is 2.05 bits per heavy atom. The Kier molecular flexibility index (Phi) is 6.16. The normalized spacial score (nSPS) is 13.0. The van der Waals surface area contributed by atoms with E-state index in [1.165, 1.54) is 13.0 Å². The SMILES string of the molecule is CCCC(C)COC(=O)c1cc(C)c(F)c(S(=O)(=O)Cl)c1. The van der Waals surface area contributed by atoms with Crippen LogP contribution in [0.5, 0.6) is 0 Å². The molecule has 0 fully saturated rings. The molecule has 0 spiro atoms. The molecule has 0 heterocycles. The van der Waals surface area contributed by atoms with Crippen LogP contribution in [-0.4, -0.2) is 21.0 Å². The molecule has 118 valence electrons. The van der Waals surface area contributed by atoms with Crippen LogP contribution in [0.3, 0.4) is 0 Å². The van der Waals surface area contributed by atoms with Gasteiger partial charge >= 0.3 is 5.97 Å². The average molecular weight is 337 g/mol. The fourth-order valence-electron chi connectivity index (χ4n) is 1.91. The molecule has 0 saturated heterocycles. The van der Waals surface area contributed by atoms with Gasteiger partial charge in [0.1, 0.15) is 10.7 Å². The van der Waals surface area contributed by atoms with Crippen LogP contribution >= 0.6 is 10.7 Å². The third kappa shape index (κ3) is 4.97. The van der Waals surface area contributed by atoms with Crippen molar-refractivity contribution in [1.82, 2.24) is 0 Å². The highest BCUT2D eigenvalue weighted by molar-refractivity contribution is 8.13. The van der Waals surface area contributed by atoms with Crippen molar-refractivity contribution < 1.29 is 22.3 Å². The van der Waals surface area contributed by atoms with Crippen LogP contribution < -0.4 is 0 Å². The van der Waals surface area contributed by atoms with Crippen molar-refractivity contribution in [2.75, 3.05) is 6.61 Å². The summed E-state index contributed by atoms with van der Waals surface area (Å²) < 4.78 is 41.5. The Labute approximate surface area is 128 Å². The second kappa shape index (κ2) is 7.22. The van der Waals surface area contributed by atoms with Gasteiger partial charge in [-0.2, -0.15) is 0 Å². The first-order chi connectivity index (χ1) is 9.66. The number of aryl methyl sites for hydroxylation is 1. The fourth-order valence-corrected chi connectivity index (χ4v) is 2.89. The molecule has 0 radical (unpaired) electrons. The molecular formula is C14H18ClFO4S. The van der Waals surface area contributed by atoms with Gasteiger partial charge in [-0.05, 0) is 37.0 Å². The van der Waals surface area contributed by atoms with E-state index >= 15 is 0 Å². The van der Waals surface area contributed by atoms with Gasteiger partial charge in [0.2, 0.25) is 0 Å². The van der Waals surface area contributed by atoms with E-state index in [2.05, 4.69) is 0 Å². The fraction of sp³-hybridized carbons (Fsp3) is 0.500. The standard InChI is InChI=1S/C14H18ClFO4S/c1-4-5-9(2)8-20-14(17)11-6-10(3)13(16)12(7-11)21(15,18)19/h6-7,9H,4-5,8H2,1-3H3. The first kappa shape index (κ1) is 17.9. The second-order valence-corrected chi connectivity index (χ2v) is 7.57. The molecule has 0 aliphatic carbocycles. The Balaban J connectivity index is 2.99. The summed E-state index contributed by atoms with van der Waals surface area (Å²) in [6, 6.07) is 2.14. The van der Waals surface area contributed by atoms with Gasteiger partial charge in [-0.3, -0.25) is 0 Å². The maximum absolute atomic E-state index is 13.7. The van der Waals surface area contributed by atoms with E-state index in [1.807, 2.05) is 13.8 Å². The van der Waals surface area contributed by atoms with Gasteiger partial charge in [0.25, 0.3) is 9.05 Å². The maximum atomic E-state index is 13.7. The molecule has 0 N–H and O–H groups in total. The molecule has 0 saturated carbocycles. The van der Waals surface area contributed by atoms with Gasteiger partial charge in [0, 0.05) is 10.7 Å². The molecule has 0 bridgehead atoms. The Morgan fingerprint density at radius 1 is 1.43 bits per heavy atom. The van der Waals surface area contributed by atoms with Crippen LogP contribution in [0.15, 0.2) is 17.0 Å². The van der Waals surface area contributed by atoms with Crippen LogP contribution in [0.2, 0.25) is 0 Å². The summed E-state index contributed by atoms with van der Waals surface area (Å²) in [4.78, 5) is 11.2. The van der Waals surface area contributed by atoms with Crippen molar-refractivity contribution in [2.24, 2.45) is 5.92 Å². The molecule has 1 unspecified atom stereocenters. The lowest BCUT2D eigenvalue weighted by Crippen LogP contribution is -2.13. The molecule has 1 rings (SSSR count). The predicted molar refractivity (Wildman–Crippen MR) is 78.5 cm³/mol. The number of benzene rings is 1. The smallest absolute Gasteiger partial charge is 0.338 e. The summed E-state index contributed by atoms with van der Waals surface area (Å²) in [7, 11) is 0.899. The highest BCUT2D eigenvalue weighted by atomic mass is 35.7. The van der Waals surface area contributed by atoms with Gasteiger partial charge in [0.15, 0.2) is 0 Å². The lowest BCUT2D eigenvalue weighted by atomic mass is 10.1. The number of hydrogen-bond acceptors (Lipinski definition) is 4. The third-order valence-corrected chi connectivity index (χ3v) is 4.32. The van der Waals surface area contributed by atoms with Crippen LogP contribution in [0.25, 0.3) is 0 Å². The van der Waals surface area contributed by atoms with Crippen molar-refractivity contribution in [2.45, 2.75) is 38.5 Å². The van der Waals surface area contributed by atoms with Gasteiger partial charge < -0.3 is 4.74 Å². The van der Waals surface area contributed by atoms with E-state index in [0.29, 0.717) is 0 Å². The molecule has 4 nitrogen and oxygen atoms in total. The van der Waals surface area contributed by atoms with Gasteiger partial charge in [-0.25, -0.2) is 17.6 Å². The van der Waals surface area contributed by atoms with E-state index in [9.17, 15) is 17.6 Å². The Bertz CT molecular complexity index is 628. The van der Waals surface area contributed by atoms with Crippen molar-refractivity contribution in [3.63, 3.8) is 0 Å². The Hall–Kier alpha value is -1.14. The minimum absolute atomic E-state index is 0.0188. The number of ether oxygens (including phenoxy) is 1. The predicted octanol–water partition coefficient (Wildman–Crippen LogP) is 3.65. The molecule has 0 aliphatic heterocycles. The van der Waals surface area contributed by atoms with Crippen molar-refractivity contribution >= 4 is 25.7 Å². The van der Waals surface area contributed by atoms with Gasteiger partial charge in [-0.15, -0.1) is 0 Å². The largest absolute Gasteiger partial charge is 0.462 e. The topological polar surface area (TPSA) is 60.4 Å². The first-order valence-electron chi connectivity index (χ1n) is 6.58. The highest BCUT2D eigenvalue weighted by Gasteiger charge is 2.22. The summed E-state index contributed by atoms with van der Waals surface area (Å²) in [5, 5.41) is 0. The molecule has 0 aliphatic rings. The summed E-state index contributed by atoms with van der Waals surface area (Å²) in [6.07, 6.45) is 1.89. The Morgan fingerprint density at radius 3 is 2.57 bits per heavy atom. The van der Waals surface area contributed by atoms with E-state index < -0.39 is 25.7 Å². The molecule has 1 atom stereocenters. The van der Waals surface area contributed by atoms with E-state index in [4.69, 9.17) is 15.4 Å². The minimum atomic E-state index is -4.26. The summed E-state index contributed by atoms with van der Waals surface area (Å²) in [5.41, 5.74) is -0.0119. The summed E-state index contributed by atoms with van der Waals surface area (Å²) in [6.45, 7) is 5.56. The van der Waals surface area contributed by atoms with Crippen molar-refractivity contribution in [3.8, 4) is 0 Å². The number of carbonyl (C=O) groups excluding carboxylic acids is 1. The van der Waals surface area contributed by atoms with E-state index in [-0.39, 0.29) is 23.7 Å². The number of rotatable bonds is 6. The highest BCUT2D eigenvalue weighted by Crippen LogP contribution is 2.24. The van der Waals surface area contributed by atoms with Crippen molar-refractivity contribution in [3.05, 3.63) is 29.1 Å². The van der Waals surface area contributed by atoms with Gasteiger partial charge in [0.05, 0.1) is 12.2 Å². The summed E-state index contributed by atoms with van der Waals surface area (Å²) >= 11 is 0. The zero-order chi connectivity index (χ0) is 16.2. The molecule has 1 aromatic carbocycles. The number of hydrogen-bond donors (Lipinski definition) is 0. The van der Waals surface area contributed by atoms with Crippen LogP contribution in [0.4, 0.5) is 4.39 Å². The maximum Gasteiger partial charge on any atom is 0.338 e. The molecule has 0 amide bonds. The molecule has 7 heteroatoms. The third-order valence-electron chi connectivity index (χ3n) is 3.00. The zero-order valence-electron chi connectivity index (χ0n) is 12.2. The zero-order valence-corrected chi connectivity index (χ0v) is 13.7.